The number of nitrogens with one attached hydrogen (secondary N) is 1. The molecular formula is C16H21FN2O2. The van der Waals surface area contributed by atoms with Gasteiger partial charge in [-0.2, -0.15) is 0 Å². The number of nitrogens with two attached hydrogens (primary N) is 1. The molecule has 5 heteroatoms. The van der Waals surface area contributed by atoms with Crippen molar-refractivity contribution in [3.63, 3.8) is 0 Å². The van der Waals surface area contributed by atoms with Gasteiger partial charge in [0.05, 0.1) is 6.10 Å². The molecule has 2 aliphatic rings. The first-order chi connectivity index (χ1) is 9.87. The monoisotopic (exact) mass is 292 g/mol. The van der Waals surface area contributed by atoms with Crippen molar-refractivity contribution in [2.24, 2.45) is 17.1 Å². The molecule has 1 aromatic carbocycles. The van der Waals surface area contributed by atoms with Crippen molar-refractivity contribution in [1.82, 2.24) is 0 Å². The average Bonchev–Trinajstić information content (AvgIpc) is 2.48. The highest BCUT2D eigenvalue weighted by atomic mass is 19.1. The van der Waals surface area contributed by atoms with Crippen LogP contribution in [0.5, 0.6) is 0 Å². The van der Waals surface area contributed by atoms with Crippen LogP contribution in [0.2, 0.25) is 0 Å². The summed E-state index contributed by atoms with van der Waals surface area (Å²) in [7, 11) is 0. The van der Waals surface area contributed by atoms with Crippen molar-refractivity contribution in [2.45, 2.75) is 38.3 Å². The molecule has 1 amide bonds. The lowest BCUT2D eigenvalue weighted by molar-refractivity contribution is -0.222. The molecule has 3 N–H and O–H groups in total. The molecule has 3 unspecified atom stereocenters. The summed E-state index contributed by atoms with van der Waals surface area (Å²) in [5.74, 6) is -0.507. The molecule has 4 nitrogen and oxygen atoms in total. The van der Waals surface area contributed by atoms with Crippen molar-refractivity contribution >= 4 is 11.6 Å². The zero-order valence-electron chi connectivity index (χ0n) is 12.4. The molecule has 0 bridgehead atoms. The van der Waals surface area contributed by atoms with E-state index in [-0.39, 0.29) is 23.7 Å². The minimum atomic E-state index is -0.952. The number of hydrogen-bond acceptors (Lipinski definition) is 3. The van der Waals surface area contributed by atoms with E-state index in [2.05, 4.69) is 5.32 Å². The molecule has 1 aliphatic heterocycles. The van der Waals surface area contributed by atoms with Crippen LogP contribution in [-0.2, 0) is 9.53 Å². The summed E-state index contributed by atoms with van der Waals surface area (Å²) in [5, 5.41) is 2.81. The van der Waals surface area contributed by atoms with Gasteiger partial charge in [0, 0.05) is 23.6 Å². The van der Waals surface area contributed by atoms with Crippen molar-refractivity contribution in [3.8, 4) is 0 Å². The molecule has 1 heterocycles. The molecular weight excluding hydrogens is 271 g/mol. The lowest BCUT2D eigenvalue weighted by atomic mass is 9.46. The highest BCUT2D eigenvalue weighted by Gasteiger charge is 2.70. The Morgan fingerprint density at radius 1 is 1.38 bits per heavy atom. The Morgan fingerprint density at radius 3 is 2.71 bits per heavy atom. The van der Waals surface area contributed by atoms with E-state index in [1.165, 1.54) is 24.3 Å². The molecule has 0 spiro atoms. The van der Waals surface area contributed by atoms with E-state index >= 15 is 0 Å². The smallest absolute Gasteiger partial charge is 0.245 e. The fraction of sp³-hybridized carbons (Fsp3) is 0.562. The van der Waals surface area contributed by atoms with Gasteiger partial charge in [0.25, 0.3) is 0 Å². The van der Waals surface area contributed by atoms with Gasteiger partial charge in [-0.3, -0.25) is 4.79 Å². The van der Waals surface area contributed by atoms with Crippen LogP contribution in [0.3, 0.4) is 0 Å². The molecule has 114 valence electrons. The molecule has 1 aliphatic carbocycles. The van der Waals surface area contributed by atoms with Crippen molar-refractivity contribution in [2.75, 3.05) is 11.9 Å². The predicted molar refractivity (Wildman–Crippen MR) is 78.2 cm³/mol. The van der Waals surface area contributed by atoms with Gasteiger partial charge < -0.3 is 15.8 Å². The lowest BCUT2D eigenvalue weighted by Crippen LogP contribution is -2.81. The van der Waals surface area contributed by atoms with Gasteiger partial charge in [-0.15, -0.1) is 0 Å². The molecule has 0 radical (unpaired) electrons. The SMILES string of the molecule is CC1(C)C2OCCCC2C1(N)C(=O)Nc1ccc(F)cc1. The summed E-state index contributed by atoms with van der Waals surface area (Å²) in [6, 6.07) is 5.71. The van der Waals surface area contributed by atoms with Gasteiger partial charge in [0.15, 0.2) is 0 Å². The lowest BCUT2D eigenvalue weighted by Gasteiger charge is -2.65. The van der Waals surface area contributed by atoms with Crippen LogP contribution in [0.1, 0.15) is 26.7 Å². The van der Waals surface area contributed by atoms with Gasteiger partial charge in [0.2, 0.25) is 5.91 Å². The molecule has 21 heavy (non-hydrogen) atoms. The maximum atomic E-state index is 12.9. The normalized spacial score (nSPS) is 33.7. The van der Waals surface area contributed by atoms with E-state index in [9.17, 15) is 9.18 Å². The van der Waals surface area contributed by atoms with E-state index < -0.39 is 11.0 Å². The van der Waals surface area contributed by atoms with Crippen LogP contribution in [0.15, 0.2) is 24.3 Å². The third kappa shape index (κ3) is 1.99. The minimum absolute atomic E-state index is 0.0372. The van der Waals surface area contributed by atoms with Gasteiger partial charge in [-0.05, 0) is 37.1 Å². The number of carbonyl (C=O) groups excluding carboxylic acids is 1. The summed E-state index contributed by atoms with van der Waals surface area (Å²) in [4.78, 5) is 12.7. The Kier molecular flexibility index (Phi) is 3.30. The highest BCUT2D eigenvalue weighted by Crippen LogP contribution is 2.57. The zero-order valence-corrected chi connectivity index (χ0v) is 12.4. The molecule has 1 saturated carbocycles. The zero-order chi connectivity index (χ0) is 15.3. The Hall–Kier alpha value is -1.46. The molecule has 1 aromatic rings. The van der Waals surface area contributed by atoms with Crippen LogP contribution in [0.4, 0.5) is 10.1 Å². The van der Waals surface area contributed by atoms with Gasteiger partial charge >= 0.3 is 0 Å². The van der Waals surface area contributed by atoms with Crippen LogP contribution < -0.4 is 11.1 Å². The van der Waals surface area contributed by atoms with Gasteiger partial charge in [-0.1, -0.05) is 13.8 Å². The number of halogens is 1. The van der Waals surface area contributed by atoms with Crippen LogP contribution in [-0.4, -0.2) is 24.2 Å². The number of amides is 1. The number of ether oxygens (including phenoxy) is 1. The maximum absolute atomic E-state index is 12.9. The highest BCUT2D eigenvalue weighted by molar-refractivity contribution is 6.00. The number of rotatable bonds is 2. The summed E-state index contributed by atoms with van der Waals surface area (Å²) in [6.45, 7) is 4.69. The second-order valence-corrected chi connectivity index (χ2v) is 6.59. The molecule has 1 saturated heterocycles. The first-order valence-corrected chi connectivity index (χ1v) is 7.35. The average molecular weight is 292 g/mol. The predicted octanol–water partition coefficient (Wildman–Crippen LogP) is 2.30. The first kappa shape index (κ1) is 14.5. The molecule has 3 rings (SSSR count). The van der Waals surface area contributed by atoms with E-state index in [1.807, 2.05) is 13.8 Å². The second kappa shape index (κ2) is 4.78. The Morgan fingerprint density at radius 2 is 2.05 bits per heavy atom. The Bertz CT molecular complexity index is 558. The van der Waals surface area contributed by atoms with E-state index in [0.717, 1.165) is 19.4 Å². The summed E-state index contributed by atoms with van der Waals surface area (Å²) < 4.78 is 18.7. The van der Waals surface area contributed by atoms with Crippen LogP contribution in [0, 0.1) is 17.2 Å². The minimum Gasteiger partial charge on any atom is -0.377 e. The number of anilines is 1. The maximum Gasteiger partial charge on any atom is 0.245 e. The molecule has 3 atom stereocenters. The summed E-state index contributed by atoms with van der Waals surface area (Å²) >= 11 is 0. The summed E-state index contributed by atoms with van der Waals surface area (Å²) in [5.41, 5.74) is 5.68. The van der Waals surface area contributed by atoms with E-state index in [1.54, 1.807) is 0 Å². The fourth-order valence-corrected chi connectivity index (χ4v) is 3.80. The van der Waals surface area contributed by atoms with E-state index in [0.29, 0.717) is 5.69 Å². The van der Waals surface area contributed by atoms with Crippen LogP contribution in [0.25, 0.3) is 0 Å². The van der Waals surface area contributed by atoms with Crippen LogP contribution >= 0.6 is 0 Å². The number of hydrogen-bond donors (Lipinski definition) is 2. The molecule has 2 fully saturated rings. The van der Waals surface area contributed by atoms with Crippen molar-refractivity contribution < 1.29 is 13.9 Å². The number of benzene rings is 1. The van der Waals surface area contributed by atoms with E-state index in [4.69, 9.17) is 10.5 Å². The summed E-state index contributed by atoms with van der Waals surface area (Å²) in [6.07, 6.45) is 1.87. The largest absolute Gasteiger partial charge is 0.377 e. The van der Waals surface area contributed by atoms with Gasteiger partial charge in [0.1, 0.15) is 11.4 Å². The quantitative estimate of drug-likeness (QED) is 0.879. The van der Waals surface area contributed by atoms with Crippen molar-refractivity contribution in [1.29, 1.82) is 0 Å². The Balaban J connectivity index is 1.81. The second-order valence-electron chi connectivity index (χ2n) is 6.59. The fourth-order valence-electron chi connectivity index (χ4n) is 3.80. The Labute approximate surface area is 123 Å². The van der Waals surface area contributed by atoms with Gasteiger partial charge in [-0.25, -0.2) is 4.39 Å². The third-order valence-electron chi connectivity index (χ3n) is 5.16. The number of carbonyl (C=O) groups is 1. The number of fused-ring (bicyclic) bond motifs is 1. The standard InChI is InChI=1S/C16H21FN2O2/c1-15(2)13-12(4-3-9-21-13)16(15,18)14(20)19-11-7-5-10(17)6-8-11/h5-8,12-13H,3-4,9,18H2,1-2H3,(H,19,20). The topological polar surface area (TPSA) is 64.3 Å². The first-order valence-electron chi connectivity index (χ1n) is 7.35. The van der Waals surface area contributed by atoms with Crippen molar-refractivity contribution in [3.05, 3.63) is 30.1 Å². The third-order valence-corrected chi connectivity index (χ3v) is 5.16. The molecule has 0 aromatic heterocycles.